The SMILES string of the molecule is Cc1cccc(NC(=O)N2CCN(C(=O)C(C)Sc3ccc(Cl)cc3)CC2)c1. The number of carbonyl (C=O) groups is 2. The minimum atomic E-state index is -0.186. The zero-order valence-corrected chi connectivity index (χ0v) is 17.6. The predicted molar refractivity (Wildman–Crippen MR) is 115 cm³/mol. The molecule has 0 aromatic heterocycles. The topological polar surface area (TPSA) is 52.7 Å². The third kappa shape index (κ3) is 5.42. The molecule has 0 bridgehead atoms. The smallest absolute Gasteiger partial charge is 0.321 e. The zero-order valence-electron chi connectivity index (χ0n) is 16.0. The maximum atomic E-state index is 12.7. The van der Waals surface area contributed by atoms with Crippen molar-refractivity contribution in [2.45, 2.75) is 24.0 Å². The highest BCUT2D eigenvalue weighted by Gasteiger charge is 2.27. The lowest BCUT2D eigenvalue weighted by Crippen LogP contribution is -2.53. The van der Waals surface area contributed by atoms with Crippen molar-refractivity contribution >= 4 is 41.0 Å². The van der Waals surface area contributed by atoms with Gasteiger partial charge in [-0.1, -0.05) is 23.7 Å². The molecule has 2 aromatic carbocycles. The first-order valence-corrected chi connectivity index (χ1v) is 10.5. The minimum absolute atomic E-state index is 0.0960. The quantitative estimate of drug-likeness (QED) is 0.745. The van der Waals surface area contributed by atoms with E-state index < -0.39 is 0 Å². The molecule has 3 amide bonds. The van der Waals surface area contributed by atoms with E-state index in [9.17, 15) is 9.59 Å². The summed E-state index contributed by atoms with van der Waals surface area (Å²) in [6, 6.07) is 15.1. The Morgan fingerprint density at radius 3 is 2.32 bits per heavy atom. The van der Waals surface area contributed by atoms with Gasteiger partial charge in [-0.15, -0.1) is 11.8 Å². The molecular weight excluding hydrogens is 394 g/mol. The van der Waals surface area contributed by atoms with E-state index in [1.165, 1.54) is 11.8 Å². The van der Waals surface area contributed by atoms with Crippen LogP contribution in [-0.4, -0.2) is 53.2 Å². The maximum Gasteiger partial charge on any atom is 0.321 e. The van der Waals surface area contributed by atoms with Crippen LogP contribution in [0.1, 0.15) is 12.5 Å². The molecule has 1 fully saturated rings. The van der Waals surface area contributed by atoms with Gasteiger partial charge in [0.05, 0.1) is 5.25 Å². The van der Waals surface area contributed by atoms with Gasteiger partial charge >= 0.3 is 6.03 Å². The number of anilines is 1. The molecule has 2 aromatic rings. The third-order valence-electron chi connectivity index (χ3n) is 4.62. The summed E-state index contributed by atoms with van der Waals surface area (Å²) in [5, 5.41) is 3.42. The second-order valence-electron chi connectivity index (χ2n) is 6.83. The van der Waals surface area contributed by atoms with Gasteiger partial charge in [-0.05, 0) is 55.8 Å². The van der Waals surface area contributed by atoms with Gasteiger partial charge in [-0.2, -0.15) is 0 Å². The average molecular weight is 418 g/mol. The Morgan fingerprint density at radius 2 is 1.68 bits per heavy atom. The van der Waals surface area contributed by atoms with E-state index in [4.69, 9.17) is 11.6 Å². The van der Waals surface area contributed by atoms with Crippen molar-refractivity contribution in [3.05, 3.63) is 59.1 Å². The number of nitrogens with one attached hydrogen (secondary N) is 1. The number of halogens is 1. The van der Waals surface area contributed by atoms with Crippen LogP contribution in [0.5, 0.6) is 0 Å². The van der Waals surface area contributed by atoms with Gasteiger partial charge in [0, 0.05) is 41.8 Å². The molecule has 0 spiro atoms. The van der Waals surface area contributed by atoms with Crippen LogP contribution in [0.3, 0.4) is 0 Å². The summed E-state index contributed by atoms with van der Waals surface area (Å²) in [5.41, 5.74) is 1.89. The summed E-state index contributed by atoms with van der Waals surface area (Å²) in [5.74, 6) is 0.0960. The molecule has 3 rings (SSSR count). The van der Waals surface area contributed by atoms with Gasteiger partial charge in [0.1, 0.15) is 0 Å². The van der Waals surface area contributed by atoms with Crippen LogP contribution in [-0.2, 0) is 4.79 Å². The molecule has 1 unspecified atom stereocenters. The van der Waals surface area contributed by atoms with Gasteiger partial charge < -0.3 is 15.1 Å². The Balaban J connectivity index is 1.49. The summed E-state index contributed by atoms with van der Waals surface area (Å²) in [6.45, 7) is 6.06. The number of hydrogen-bond donors (Lipinski definition) is 1. The molecule has 0 radical (unpaired) electrons. The number of rotatable bonds is 4. The van der Waals surface area contributed by atoms with Crippen LogP contribution in [0, 0.1) is 6.92 Å². The largest absolute Gasteiger partial charge is 0.338 e. The van der Waals surface area contributed by atoms with Crippen LogP contribution in [0.2, 0.25) is 5.02 Å². The molecule has 1 aliphatic heterocycles. The van der Waals surface area contributed by atoms with Gasteiger partial charge in [0.15, 0.2) is 0 Å². The second kappa shape index (κ2) is 9.34. The number of benzene rings is 2. The number of hydrogen-bond acceptors (Lipinski definition) is 3. The van der Waals surface area contributed by atoms with Gasteiger partial charge in [-0.25, -0.2) is 4.79 Å². The molecule has 148 valence electrons. The van der Waals surface area contributed by atoms with Crippen molar-refractivity contribution in [2.24, 2.45) is 0 Å². The second-order valence-corrected chi connectivity index (χ2v) is 8.68. The normalized spacial score (nSPS) is 15.2. The number of urea groups is 1. The van der Waals surface area contributed by atoms with Gasteiger partial charge in [-0.3, -0.25) is 4.79 Å². The van der Waals surface area contributed by atoms with Crippen molar-refractivity contribution in [3.8, 4) is 0 Å². The third-order valence-corrected chi connectivity index (χ3v) is 5.97. The highest BCUT2D eigenvalue weighted by Crippen LogP contribution is 2.26. The van der Waals surface area contributed by atoms with Gasteiger partial charge in [0.2, 0.25) is 5.91 Å². The maximum absolute atomic E-state index is 12.7. The van der Waals surface area contributed by atoms with Crippen molar-refractivity contribution < 1.29 is 9.59 Å². The van der Waals surface area contributed by atoms with Crippen LogP contribution in [0.4, 0.5) is 10.5 Å². The molecule has 1 atom stereocenters. The fourth-order valence-corrected chi connectivity index (χ4v) is 4.16. The lowest BCUT2D eigenvalue weighted by molar-refractivity contribution is -0.131. The Bertz CT molecular complexity index is 836. The number of amides is 3. The standard InChI is InChI=1S/C21H24ClN3O2S/c1-15-4-3-5-18(14-15)23-21(27)25-12-10-24(11-13-25)20(26)16(2)28-19-8-6-17(22)7-9-19/h3-9,14,16H,10-13H2,1-2H3,(H,23,27). The van der Waals surface area contributed by atoms with Crippen LogP contribution >= 0.6 is 23.4 Å². The first-order valence-electron chi connectivity index (χ1n) is 9.26. The van der Waals surface area contributed by atoms with Crippen molar-refractivity contribution in [3.63, 3.8) is 0 Å². The molecular formula is C21H24ClN3O2S. The number of nitrogens with zero attached hydrogens (tertiary/aromatic N) is 2. The van der Waals surface area contributed by atoms with E-state index in [0.717, 1.165) is 16.1 Å². The molecule has 1 saturated heterocycles. The van der Waals surface area contributed by atoms with Crippen molar-refractivity contribution in [1.82, 2.24) is 9.80 Å². The molecule has 0 saturated carbocycles. The van der Waals surface area contributed by atoms with E-state index >= 15 is 0 Å². The fraction of sp³-hybridized carbons (Fsp3) is 0.333. The predicted octanol–water partition coefficient (Wildman–Crippen LogP) is 4.51. The molecule has 5 nitrogen and oxygen atoms in total. The first kappa shape index (κ1) is 20.6. The number of piperazine rings is 1. The van der Waals surface area contributed by atoms with Crippen LogP contribution < -0.4 is 5.32 Å². The zero-order chi connectivity index (χ0) is 20.1. The summed E-state index contributed by atoms with van der Waals surface area (Å²) < 4.78 is 0. The Hall–Kier alpha value is -2.18. The molecule has 7 heteroatoms. The Morgan fingerprint density at radius 1 is 1.04 bits per heavy atom. The number of thioether (sulfide) groups is 1. The summed E-state index contributed by atoms with van der Waals surface area (Å²) in [7, 11) is 0. The number of aryl methyl sites for hydroxylation is 1. The van der Waals surface area contributed by atoms with Crippen molar-refractivity contribution in [1.29, 1.82) is 0 Å². The van der Waals surface area contributed by atoms with E-state index in [-0.39, 0.29) is 17.2 Å². The lowest BCUT2D eigenvalue weighted by atomic mass is 10.2. The molecule has 1 heterocycles. The molecule has 28 heavy (non-hydrogen) atoms. The van der Waals surface area contributed by atoms with E-state index in [0.29, 0.717) is 31.2 Å². The van der Waals surface area contributed by atoms with Gasteiger partial charge in [0.25, 0.3) is 0 Å². The fourth-order valence-electron chi connectivity index (χ4n) is 3.08. The van der Waals surface area contributed by atoms with Crippen LogP contribution in [0.15, 0.2) is 53.4 Å². The molecule has 0 aliphatic carbocycles. The summed E-state index contributed by atoms with van der Waals surface area (Å²) in [4.78, 5) is 29.8. The average Bonchev–Trinajstić information content (AvgIpc) is 2.69. The van der Waals surface area contributed by atoms with E-state index in [1.807, 2.05) is 67.3 Å². The van der Waals surface area contributed by atoms with Crippen LogP contribution in [0.25, 0.3) is 0 Å². The Kier molecular flexibility index (Phi) is 6.86. The highest BCUT2D eigenvalue weighted by molar-refractivity contribution is 8.00. The first-order chi connectivity index (χ1) is 13.4. The molecule has 1 aliphatic rings. The highest BCUT2D eigenvalue weighted by atomic mass is 35.5. The van der Waals surface area contributed by atoms with E-state index in [2.05, 4.69) is 5.32 Å². The monoisotopic (exact) mass is 417 g/mol. The lowest BCUT2D eigenvalue weighted by Gasteiger charge is -2.35. The Labute approximate surface area is 175 Å². The molecule has 1 N–H and O–H groups in total. The number of carbonyl (C=O) groups excluding carboxylic acids is 2. The van der Waals surface area contributed by atoms with E-state index in [1.54, 1.807) is 4.90 Å². The van der Waals surface area contributed by atoms with Crippen molar-refractivity contribution in [2.75, 3.05) is 31.5 Å². The summed E-state index contributed by atoms with van der Waals surface area (Å²) in [6.07, 6.45) is 0. The minimum Gasteiger partial charge on any atom is -0.338 e. The summed E-state index contributed by atoms with van der Waals surface area (Å²) >= 11 is 7.43.